The summed E-state index contributed by atoms with van der Waals surface area (Å²) in [5.41, 5.74) is 0.869. The van der Waals surface area contributed by atoms with E-state index in [0.29, 0.717) is 9.88 Å². The topological polar surface area (TPSA) is 74.1 Å². The summed E-state index contributed by atoms with van der Waals surface area (Å²) in [4.78, 5) is 28.1. The zero-order valence-corrected chi connectivity index (χ0v) is 13.2. The summed E-state index contributed by atoms with van der Waals surface area (Å²) in [6.45, 7) is 7.41. The van der Waals surface area contributed by atoms with Crippen LogP contribution in [0.15, 0.2) is 12.4 Å². The summed E-state index contributed by atoms with van der Waals surface area (Å²) in [7, 11) is 0. The molecule has 2 aromatic heterocycles. The van der Waals surface area contributed by atoms with Gasteiger partial charge in [0.25, 0.3) is 0 Å². The normalized spacial score (nSPS) is 10.9. The Morgan fingerprint density at radius 1 is 1.43 bits per heavy atom. The van der Waals surface area contributed by atoms with Gasteiger partial charge in [-0.25, -0.2) is 9.78 Å². The van der Waals surface area contributed by atoms with Crippen molar-refractivity contribution in [1.29, 1.82) is 0 Å². The van der Waals surface area contributed by atoms with Crippen molar-refractivity contribution in [1.82, 2.24) is 14.8 Å². The number of ether oxygens (including phenoxy) is 1. The van der Waals surface area contributed by atoms with E-state index in [1.165, 1.54) is 18.3 Å². The summed E-state index contributed by atoms with van der Waals surface area (Å²) >= 11 is 1.19. The Morgan fingerprint density at radius 3 is 2.67 bits per heavy atom. The van der Waals surface area contributed by atoms with Gasteiger partial charge in [-0.2, -0.15) is 5.10 Å². The van der Waals surface area contributed by atoms with Crippen LogP contribution in [0.4, 0.5) is 0 Å². The molecule has 0 aliphatic rings. The van der Waals surface area contributed by atoms with Gasteiger partial charge in [0.1, 0.15) is 9.88 Å². The van der Waals surface area contributed by atoms with Crippen molar-refractivity contribution in [2.24, 2.45) is 0 Å². The molecule has 6 nitrogen and oxygen atoms in total. The lowest BCUT2D eigenvalue weighted by Crippen LogP contribution is -2.09. The molecule has 112 valence electrons. The van der Waals surface area contributed by atoms with Crippen LogP contribution in [0.2, 0.25) is 0 Å². The van der Waals surface area contributed by atoms with E-state index in [2.05, 4.69) is 10.1 Å². The molecule has 0 fully saturated rings. The van der Waals surface area contributed by atoms with E-state index in [1.807, 2.05) is 20.0 Å². The lowest BCUT2D eigenvalue weighted by molar-refractivity contribution is 0.0517. The number of hydrogen-bond donors (Lipinski definition) is 0. The number of ketones is 1. The second kappa shape index (κ2) is 6.17. The fourth-order valence-corrected chi connectivity index (χ4v) is 2.67. The number of thiazole rings is 1. The van der Waals surface area contributed by atoms with Crippen molar-refractivity contribution in [3.63, 3.8) is 0 Å². The lowest BCUT2D eigenvalue weighted by Gasteiger charge is -2.02. The van der Waals surface area contributed by atoms with E-state index in [4.69, 9.17) is 4.74 Å². The SMILES string of the molecule is CCOC(=O)c1nc(-c2cnn(C(C)C)c2)sc1C(C)=O. The maximum absolute atomic E-state index is 11.9. The Morgan fingerprint density at radius 2 is 2.14 bits per heavy atom. The standard InChI is InChI=1S/C14H17N3O3S/c1-5-20-14(19)11-12(9(4)18)21-13(16-11)10-6-15-17(7-10)8(2)3/h6-8H,5H2,1-4H3. The van der Waals surface area contributed by atoms with E-state index in [9.17, 15) is 9.59 Å². The molecule has 0 N–H and O–H groups in total. The molecule has 7 heteroatoms. The van der Waals surface area contributed by atoms with Gasteiger partial charge in [0, 0.05) is 24.7 Å². The van der Waals surface area contributed by atoms with Gasteiger partial charge in [-0.05, 0) is 20.8 Å². The molecule has 0 aliphatic heterocycles. The van der Waals surface area contributed by atoms with Gasteiger partial charge in [-0.15, -0.1) is 11.3 Å². The summed E-state index contributed by atoms with van der Waals surface area (Å²) in [6.07, 6.45) is 3.53. The lowest BCUT2D eigenvalue weighted by atomic mass is 10.3. The summed E-state index contributed by atoms with van der Waals surface area (Å²) in [6, 6.07) is 0.232. The molecule has 0 saturated carbocycles. The van der Waals surface area contributed by atoms with Gasteiger partial charge in [0.05, 0.1) is 12.8 Å². The van der Waals surface area contributed by atoms with Crippen molar-refractivity contribution in [2.75, 3.05) is 6.61 Å². The van der Waals surface area contributed by atoms with Crippen LogP contribution in [0.25, 0.3) is 10.6 Å². The number of Topliss-reactive ketones (excluding diaryl/α,β-unsaturated/α-hetero) is 1. The largest absolute Gasteiger partial charge is 0.461 e. The highest BCUT2D eigenvalue weighted by atomic mass is 32.1. The molecule has 0 saturated heterocycles. The zero-order chi connectivity index (χ0) is 15.6. The van der Waals surface area contributed by atoms with Crippen LogP contribution in [0.1, 0.15) is 53.9 Å². The van der Waals surface area contributed by atoms with E-state index < -0.39 is 5.97 Å². The van der Waals surface area contributed by atoms with Crippen LogP contribution < -0.4 is 0 Å². The van der Waals surface area contributed by atoms with Crippen LogP contribution in [0, 0.1) is 0 Å². The molecule has 0 aromatic carbocycles. The maximum Gasteiger partial charge on any atom is 0.358 e. The number of nitrogens with zero attached hydrogens (tertiary/aromatic N) is 3. The maximum atomic E-state index is 11.9. The number of rotatable bonds is 5. The summed E-state index contributed by atoms with van der Waals surface area (Å²) in [5, 5.41) is 4.83. The third kappa shape index (κ3) is 3.18. The van der Waals surface area contributed by atoms with Crippen LogP contribution in [-0.2, 0) is 4.74 Å². The van der Waals surface area contributed by atoms with E-state index >= 15 is 0 Å². The molecule has 0 atom stereocenters. The smallest absolute Gasteiger partial charge is 0.358 e. The predicted octanol–water partition coefficient (Wildman–Crippen LogP) is 2.97. The van der Waals surface area contributed by atoms with Gasteiger partial charge in [0.15, 0.2) is 11.5 Å². The van der Waals surface area contributed by atoms with E-state index in [-0.39, 0.29) is 24.1 Å². The van der Waals surface area contributed by atoms with Gasteiger partial charge in [-0.1, -0.05) is 0 Å². The Hall–Kier alpha value is -2.02. The third-order valence-corrected chi connectivity index (χ3v) is 4.00. The van der Waals surface area contributed by atoms with Crippen LogP contribution >= 0.6 is 11.3 Å². The van der Waals surface area contributed by atoms with Crippen molar-refractivity contribution >= 4 is 23.1 Å². The van der Waals surface area contributed by atoms with Gasteiger partial charge >= 0.3 is 5.97 Å². The summed E-state index contributed by atoms with van der Waals surface area (Å²) in [5.74, 6) is -0.764. The monoisotopic (exact) mass is 307 g/mol. The first-order valence-electron chi connectivity index (χ1n) is 6.67. The fraction of sp³-hybridized carbons (Fsp3) is 0.429. The second-order valence-electron chi connectivity index (χ2n) is 4.78. The van der Waals surface area contributed by atoms with Crippen LogP contribution in [0.5, 0.6) is 0 Å². The number of aromatic nitrogens is 3. The molecule has 0 amide bonds. The van der Waals surface area contributed by atoms with Crippen molar-refractivity contribution in [3.05, 3.63) is 23.0 Å². The van der Waals surface area contributed by atoms with E-state index in [0.717, 1.165) is 5.56 Å². The molecule has 0 bridgehead atoms. The average molecular weight is 307 g/mol. The number of carbonyl (C=O) groups is 2. The Bertz CT molecular complexity index is 673. The van der Waals surface area contributed by atoms with Gasteiger partial charge in [-0.3, -0.25) is 9.48 Å². The number of esters is 1. The Balaban J connectivity index is 2.43. The molecule has 0 aliphatic carbocycles. The molecular formula is C14H17N3O3S. The Labute approximate surface area is 126 Å². The molecule has 0 unspecified atom stereocenters. The number of carbonyl (C=O) groups excluding carboxylic acids is 2. The highest BCUT2D eigenvalue weighted by Gasteiger charge is 2.23. The molecule has 0 spiro atoms. The van der Waals surface area contributed by atoms with Crippen LogP contribution in [0.3, 0.4) is 0 Å². The van der Waals surface area contributed by atoms with Crippen molar-refractivity contribution < 1.29 is 14.3 Å². The predicted molar refractivity (Wildman–Crippen MR) is 79.7 cm³/mol. The molecule has 2 aromatic rings. The first-order valence-corrected chi connectivity index (χ1v) is 7.49. The fourth-order valence-electron chi connectivity index (χ4n) is 1.75. The first kappa shape index (κ1) is 15.4. The highest BCUT2D eigenvalue weighted by Crippen LogP contribution is 2.29. The minimum Gasteiger partial charge on any atom is -0.461 e. The minimum absolute atomic E-state index is 0.0849. The number of hydrogen-bond acceptors (Lipinski definition) is 6. The molecule has 0 radical (unpaired) electrons. The van der Waals surface area contributed by atoms with Gasteiger partial charge in [0.2, 0.25) is 0 Å². The van der Waals surface area contributed by atoms with E-state index in [1.54, 1.807) is 17.8 Å². The highest BCUT2D eigenvalue weighted by molar-refractivity contribution is 7.17. The van der Waals surface area contributed by atoms with Crippen LogP contribution in [-0.4, -0.2) is 33.1 Å². The molecule has 2 heterocycles. The Kier molecular flexibility index (Phi) is 4.52. The molecule has 21 heavy (non-hydrogen) atoms. The minimum atomic E-state index is -0.568. The molecular weight excluding hydrogens is 290 g/mol. The second-order valence-corrected chi connectivity index (χ2v) is 5.78. The average Bonchev–Trinajstić information content (AvgIpc) is 3.05. The summed E-state index contributed by atoms with van der Waals surface area (Å²) < 4.78 is 6.74. The van der Waals surface area contributed by atoms with Crippen molar-refractivity contribution in [2.45, 2.75) is 33.7 Å². The molecule has 2 rings (SSSR count). The van der Waals surface area contributed by atoms with Crippen molar-refractivity contribution in [3.8, 4) is 10.6 Å². The third-order valence-electron chi connectivity index (χ3n) is 2.79. The quantitative estimate of drug-likeness (QED) is 0.627. The zero-order valence-electron chi connectivity index (χ0n) is 12.4. The van der Waals surface area contributed by atoms with Gasteiger partial charge < -0.3 is 4.74 Å². The first-order chi connectivity index (χ1) is 9.93.